The van der Waals surface area contributed by atoms with Crippen molar-refractivity contribution >= 4 is 12.1 Å². The predicted molar refractivity (Wildman–Crippen MR) is 82.3 cm³/mol. The Hall–Kier alpha value is -2.24. The Bertz CT molecular complexity index is 534. The predicted octanol–water partition coefficient (Wildman–Crippen LogP) is 2.69. The van der Waals surface area contributed by atoms with E-state index in [4.69, 9.17) is 9.47 Å². The molecule has 1 aromatic rings. The van der Waals surface area contributed by atoms with E-state index in [-0.39, 0.29) is 6.61 Å². The van der Waals surface area contributed by atoms with Gasteiger partial charge < -0.3 is 19.5 Å². The van der Waals surface area contributed by atoms with Crippen LogP contribution in [0.5, 0.6) is 5.75 Å². The molecule has 0 aromatic heterocycles. The minimum atomic E-state index is -0.531. The Morgan fingerprint density at radius 1 is 1.23 bits per heavy atom. The molecule has 0 saturated heterocycles. The highest BCUT2D eigenvalue weighted by Crippen LogP contribution is 2.20. The lowest BCUT2D eigenvalue weighted by molar-refractivity contribution is 0.0519. The van der Waals surface area contributed by atoms with Crippen molar-refractivity contribution in [2.75, 3.05) is 20.3 Å². The van der Waals surface area contributed by atoms with Crippen LogP contribution in [0, 0.1) is 6.92 Å². The van der Waals surface area contributed by atoms with Crippen molar-refractivity contribution in [3.05, 3.63) is 29.3 Å². The standard InChI is InChI=1S/C16H23NO5/c1-11-6-7-12(14(18)20-5)10-13(11)21-9-8-17-15(19)22-16(2,3)4/h6-7,10H,8-9H2,1-5H3,(H,17,19). The quantitative estimate of drug-likeness (QED) is 0.668. The topological polar surface area (TPSA) is 73.9 Å². The lowest BCUT2D eigenvalue weighted by Gasteiger charge is -2.19. The van der Waals surface area contributed by atoms with Gasteiger partial charge >= 0.3 is 12.1 Å². The van der Waals surface area contributed by atoms with Gasteiger partial charge in [-0.2, -0.15) is 0 Å². The van der Waals surface area contributed by atoms with Crippen LogP contribution in [0.2, 0.25) is 0 Å². The molecule has 0 aliphatic heterocycles. The number of aryl methyl sites for hydroxylation is 1. The zero-order chi connectivity index (χ0) is 16.8. The van der Waals surface area contributed by atoms with Gasteiger partial charge in [-0.15, -0.1) is 0 Å². The number of alkyl carbamates (subject to hydrolysis) is 1. The fraction of sp³-hybridized carbons (Fsp3) is 0.500. The molecule has 122 valence electrons. The average Bonchev–Trinajstić information content (AvgIpc) is 2.42. The monoisotopic (exact) mass is 309 g/mol. The molecule has 0 spiro atoms. The van der Waals surface area contributed by atoms with E-state index in [0.717, 1.165) is 5.56 Å². The van der Waals surface area contributed by atoms with Crippen LogP contribution in [-0.2, 0) is 9.47 Å². The van der Waals surface area contributed by atoms with Crippen LogP contribution >= 0.6 is 0 Å². The summed E-state index contributed by atoms with van der Waals surface area (Å²) < 4.78 is 15.4. The van der Waals surface area contributed by atoms with Gasteiger partial charge in [-0.25, -0.2) is 9.59 Å². The van der Waals surface area contributed by atoms with E-state index in [9.17, 15) is 9.59 Å². The number of esters is 1. The van der Waals surface area contributed by atoms with E-state index in [1.165, 1.54) is 7.11 Å². The van der Waals surface area contributed by atoms with Gasteiger partial charge in [0.1, 0.15) is 18.0 Å². The highest BCUT2D eigenvalue weighted by molar-refractivity contribution is 5.89. The molecule has 0 bridgehead atoms. The molecule has 6 heteroatoms. The first-order valence-corrected chi connectivity index (χ1v) is 7.01. The maximum Gasteiger partial charge on any atom is 0.407 e. The van der Waals surface area contributed by atoms with Crippen LogP contribution in [0.3, 0.4) is 0 Å². The Balaban J connectivity index is 2.48. The van der Waals surface area contributed by atoms with E-state index in [2.05, 4.69) is 10.1 Å². The molecule has 1 amide bonds. The molecule has 6 nitrogen and oxygen atoms in total. The number of ether oxygens (including phenoxy) is 3. The van der Waals surface area contributed by atoms with Gasteiger partial charge in [0.05, 0.1) is 19.2 Å². The second kappa shape index (κ2) is 7.68. The highest BCUT2D eigenvalue weighted by Gasteiger charge is 2.15. The molecule has 1 aromatic carbocycles. The van der Waals surface area contributed by atoms with Crippen molar-refractivity contribution in [2.24, 2.45) is 0 Å². The SMILES string of the molecule is COC(=O)c1ccc(C)c(OCCNC(=O)OC(C)(C)C)c1. The molecule has 1 rings (SSSR count). The summed E-state index contributed by atoms with van der Waals surface area (Å²) in [6.07, 6.45) is -0.490. The van der Waals surface area contributed by atoms with Crippen LogP contribution < -0.4 is 10.1 Å². The van der Waals surface area contributed by atoms with Crippen molar-refractivity contribution in [3.8, 4) is 5.75 Å². The first-order valence-electron chi connectivity index (χ1n) is 7.01. The molecule has 1 N–H and O–H groups in total. The molecular formula is C16H23NO5. The van der Waals surface area contributed by atoms with Crippen molar-refractivity contribution < 1.29 is 23.8 Å². The Labute approximate surface area is 130 Å². The molecule has 0 atom stereocenters. The van der Waals surface area contributed by atoms with Gasteiger partial charge in [-0.3, -0.25) is 0 Å². The summed E-state index contributed by atoms with van der Waals surface area (Å²) in [5.74, 6) is 0.158. The van der Waals surface area contributed by atoms with Gasteiger partial charge in [0.25, 0.3) is 0 Å². The zero-order valence-corrected chi connectivity index (χ0v) is 13.7. The number of carbonyl (C=O) groups is 2. The number of rotatable bonds is 5. The summed E-state index contributed by atoms with van der Waals surface area (Å²) in [7, 11) is 1.33. The largest absolute Gasteiger partial charge is 0.491 e. The van der Waals surface area contributed by atoms with Gasteiger partial charge in [-0.05, 0) is 45.4 Å². The third-order valence-corrected chi connectivity index (χ3v) is 2.64. The van der Waals surface area contributed by atoms with Gasteiger partial charge in [-0.1, -0.05) is 6.07 Å². The number of hydrogen-bond acceptors (Lipinski definition) is 5. The van der Waals surface area contributed by atoms with E-state index in [1.807, 2.05) is 6.92 Å². The summed E-state index contributed by atoms with van der Waals surface area (Å²) >= 11 is 0. The first kappa shape index (κ1) is 17.8. The van der Waals surface area contributed by atoms with Crippen LogP contribution in [0.15, 0.2) is 18.2 Å². The van der Waals surface area contributed by atoms with Gasteiger partial charge in [0.15, 0.2) is 0 Å². The maximum atomic E-state index is 11.5. The number of hydrogen-bond donors (Lipinski definition) is 1. The van der Waals surface area contributed by atoms with Gasteiger partial charge in [0.2, 0.25) is 0 Å². The number of methoxy groups -OCH3 is 1. The Kier molecular flexibility index (Phi) is 6.22. The lowest BCUT2D eigenvalue weighted by Crippen LogP contribution is -2.34. The van der Waals surface area contributed by atoms with Crippen molar-refractivity contribution in [1.29, 1.82) is 0 Å². The average molecular weight is 309 g/mol. The third kappa shape index (κ3) is 6.03. The van der Waals surface area contributed by atoms with Crippen LogP contribution in [0.1, 0.15) is 36.7 Å². The lowest BCUT2D eigenvalue weighted by atomic mass is 10.1. The highest BCUT2D eigenvalue weighted by atomic mass is 16.6. The van der Waals surface area contributed by atoms with Crippen LogP contribution in [0.4, 0.5) is 4.79 Å². The van der Waals surface area contributed by atoms with E-state index in [1.54, 1.807) is 39.0 Å². The molecule has 0 heterocycles. The van der Waals surface area contributed by atoms with E-state index >= 15 is 0 Å². The summed E-state index contributed by atoms with van der Waals surface area (Å²) in [5, 5.41) is 2.60. The fourth-order valence-electron chi connectivity index (χ4n) is 1.63. The third-order valence-electron chi connectivity index (χ3n) is 2.64. The molecule has 0 saturated carbocycles. The van der Waals surface area contributed by atoms with Crippen molar-refractivity contribution in [3.63, 3.8) is 0 Å². The maximum absolute atomic E-state index is 11.5. The zero-order valence-electron chi connectivity index (χ0n) is 13.7. The number of benzene rings is 1. The minimum Gasteiger partial charge on any atom is -0.491 e. The smallest absolute Gasteiger partial charge is 0.407 e. The molecule has 0 aliphatic carbocycles. The summed E-state index contributed by atoms with van der Waals surface area (Å²) in [6.45, 7) is 7.83. The summed E-state index contributed by atoms with van der Waals surface area (Å²) in [4.78, 5) is 22.9. The normalized spacial score (nSPS) is 10.8. The van der Waals surface area contributed by atoms with Crippen molar-refractivity contribution in [2.45, 2.75) is 33.3 Å². The molecular weight excluding hydrogens is 286 g/mol. The summed E-state index contributed by atoms with van der Waals surface area (Å²) in [6, 6.07) is 5.07. The van der Waals surface area contributed by atoms with Gasteiger partial charge in [0, 0.05) is 0 Å². The fourth-order valence-corrected chi connectivity index (χ4v) is 1.63. The summed E-state index contributed by atoms with van der Waals surface area (Å²) in [5.41, 5.74) is 0.782. The number of carbonyl (C=O) groups excluding carboxylic acids is 2. The van der Waals surface area contributed by atoms with E-state index < -0.39 is 17.7 Å². The second-order valence-electron chi connectivity index (χ2n) is 5.75. The number of amides is 1. The Morgan fingerprint density at radius 2 is 1.91 bits per heavy atom. The number of nitrogens with one attached hydrogen (secondary N) is 1. The second-order valence-corrected chi connectivity index (χ2v) is 5.75. The Morgan fingerprint density at radius 3 is 2.50 bits per heavy atom. The molecule has 0 radical (unpaired) electrons. The van der Waals surface area contributed by atoms with Crippen molar-refractivity contribution in [1.82, 2.24) is 5.32 Å². The first-order chi connectivity index (χ1) is 10.2. The molecule has 0 fully saturated rings. The molecule has 0 aliphatic rings. The van der Waals surface area contributed by atoms with Crippen LogP contribution in [0.25, 0.3) is 0 Å². The van der Waals surface area contributed by atoms with Crippen LogP contribution in [-0.4, -0.2) is 37.9 Å². The van der Waals surface area contributed by atoms with E-state index in [0.29, 0.717) is 17.9 Å². The molecule has 22 heavy (non-hydrogen) atoms. The minimum absolute atomic E-state index is 0.269. The molecule has 0 unspecified atom stereocenters.